The van der Waals surface area contributed by atoms with Crippen LogP contribution in [0.1, 0.15) is 31.0 Å². The van der Waals surface area contributed by atoms with E-state index in [4.69, 9.17) is 28.9 Å². The van der Waals surface area contributed by atoms with Crippen molar-refractivity contribution in [3.05, 3.63) is 102 Å². The minimum absolute atomic E-state index is 0.0112. The largest absolute Gasteiger partial charge is 0.497 e. The lowest BCUT2D eigenvalue weighted by molar-refractivity contribution is -0.154. The number of rotatable bonds is 14. The van der Waals surface area contributed by atoms with Crippen molar-refractivity contribution in [1.29, 1.82) is 0 Å². The zero-order chi connectivity index (χ0) is 32.5. The van der Waals surface area contributed by atoms with Crippen LogP contribution in [0.3, 0.4) is 0 Å². The van der Waals surface area contributed by atoms with Gasteiger partial charge >= 0.3 is 11.9 Å². The minimum atomic E-state index is -0.692. The molecule has 0 saturated heterocycles. The number of methoxy groups -OCH3 is 1. The summed E-state index contributed by atoms with van der Waals surface area (Å²) in [4.78, 5) is 39.7. The van der Waals surface area contributed by atoms with E-state index in [2.05, 4.69) is 34.1 Å². The smallest absolute Gasteiger partial charge is 0.302 e. The monoisotopic (exact) mass is 641 g/mol. The van der Waals surface area contributed by atoms with Crippen molar-refractivity contribution in [2.24, 2.45) is 0 Å². The predicted octanol–water partition coefficient (Wildman–Crippen LogP) is 5.95. The summed E-state index contributed by atoms with van der Waals surface area (Å²) in [6.45, 7) is 2.47. The first kappa shape index (κ1) is 32.5. The summed E-state index contributed by atoms with van der Waals surface area (Å²) in [5, 5.41) is 0.688. The summed E-state index contributed by atoms with van der Waals surface area (Å²) in [5.41, 5.74) is 4.12. The van der Waals surface area contributed by atoms with Crippen LogP contribution < -0.4 is 9.64 Å². The number of thioether (sulfide) groups is 1. The quantitative estimate of drug-likeness (QED) is 0.0813. The third-order valence-corrected chi connectivity index (χ3v) is 7.73. The number of hydrogen-bond acceptors (Lipinski definition) is 11. The van der Waals surface area contributed by atoms with E-state index in [1.807, 2.05) is 66.9 Å². The van der Waals surface area contributed by atoms with E-state index in [0.717, 1.165) is 22.6 Å². The molecule has 12 heteroatoms. The molecular formula is C34H35N5O6S. The summed E-state index contributed by atoms with van der Waals surface area (Å²) >= 11 is 1.47. The minimum Gasteiger partial charge on any atom is -0.497 e. The van der Waals surface area contributed by atoms with Crippen molar-refractivity contribution in [2.45, 2.75) is 37.8 Å². The molecular weight excluding hydrogens is 606 g/mol. The van der Waals surface area contributed by atoms with Crippen LogP contribution in [0, 0.1) is 0 Å². The van der Waals surface area contributed by atoms with Gasteiger partial charge in [-0.2, -0.15) is 4.98 Å². The number of fused-ring (bicyclic) bond motifs is 1. The average Bonchev–Trinajstić information content (AvgIpc) is 3.50. The fraction of sp³-hybridized carbons (Fsp3) is 0.265. The van der Waals surface area contributed by atoms with Gasteiger partial charge in [0.15, 0.2) is 5.65 Å². The summed E-state index contributed by atoms with van der Waals surface area (Å²) in [5.74, 6) is 0.263. The molecule has 238 valence electrons. The Labute approximate surface area is 271 Å². The molecule has 0 aliphatic carbocycles. The van der Waals surface area contributed by atoms with Gasteiger partial charge in [-0.15, -0.1) is 11.8 Å². The Hall–Kier alpha value is -4.94. The number of aromatic nitrogens is 4. The highest BCUT2D eigenvalue weighted by atomic mass is 32.2. The number of imidazole rings is 1. The molecule has 5 rings (SSSR count). The lowest BCUT2D eigenvalue weighted by atomic mass is 9.96. The van der Waals surface area contributed by atoms with Gasteiger partial charge in [0.2, 0.25) is 5.95 Å². The standard InChI is InChI=1S/C34H35N5O6S/c1-23(40)43-19-29(20-44-24(2)41)45-22-38-21-35-30-32(38)36-34(37-33(30)46-4)39(27-15-17-28(42-3)18-16-27)31(25-11-7-5-8-12-25)26-13-9-6-10-14-26/h5-18,21,29,31H,19-20,22H2,1-4H3. The zero-order valence-corrected chi connectivity index (χ0v) is 26.8. The molecule has 0 bridgehead atoms. The Morgan fingerprint density at radius 1 is 0.848 bits per heavy atom. The van der Waals surface area contributed by atoms with E-state index in [9.17, 15) is 9.59 Å². The Morgan fingerprint density at radius 2 is 1.43 bits per heavy atom. The SMILES string of the molecule is COc1ccc(N(c2nc(SC)c3ncn(COC(COC(C)=O)COC(C)=O)c3n2)C(c2ccccc2)c2ccccc2)cc1. The van der Waals surface area contributed by atoms with E-state index in [1.165, 1.54) is 25.6 Å². The van der Waals surface area contributed by atoms with Crippen LogP contribution in [0.25, 0.3) is 11.2 Å². The van der Waals surface area contributed by atoms with E-state index < -0.39 is 18.0 Å². The number of anilines is 2. The van der Waals surface area contributed by atoms with Crippen LogP contribution in [0.5, 0.6) is 5.75 Å². The molecule has 0 radical (unpaired) electrons. The average molecular weight is 642 g/mol. The fourth-order valence-electron chi connectivity index (χ4n) is 4.89. The molecule has 11 nitrogen and oxygen atoms in total. The first-order valence-electron chi connectivity index (χ1n) is 14.6. The highest BCUT2D eigenvalue weighted by Gasteiger charge is 2.28. The fourth-order valence-corrected chi connectivity index (χ4v) is 5.40. The molecule has 0 aliphatic heterocycles. The molecule has 0 unspecified atom stereocenters. The predicted molar refractivity (Wildman–Crippen MR) is 175 cm³/mol. The van der Waals surface area contributed by atoms with Crippen molar-refractivity contribution in [3.63, 3.8) is 0 Å². The molecule has 0 fully saturated rings. The van der Waals surface area contributed by atoms with Gasteiger partial charge < -0.3 is 18.9 Å². The topological polar surface area (TPSA) is 118 Å². The first-order chi connectivity index (χ1) is 22.4. The molecule has 3 aromatic carbocycles. The van der Waals surface area contributed by atoms with Crippen LogP contribution in [0.4, 0.5) is 11.6 Å². The van der Waals surface area contributed by atoms with Gasteiger partial charge in [0.05, 0.1) is 19.5 Å². The Bertz CT molecular complexity index is 1690. The normalized spacial score (nSPS) is 11.2. The van der Waals surface area contributed by atoms with Crippen LogP contribution in [-0.4, -0.2) is 64.1 Å². The maximum atomic E-state index is 11.4. The van der Waals surface area contributed by atoms with E-state index in [1.54, 1.807) is 18.0 Å². The van der Waals surface area contributed by atoms with Gasteiger partial charge in [0.25, 0.3) is 0 Å². The number of hydrogen-bond donors (Lipinski definition) is 0. The van der Waals surface area contributed by atoms with Gasteiger partial charge in [-0.25, -0.2) is 9.97 Å². The molecule has 0 atom stereocenters. The maximum Gasteiger partial charge on any atom is 0.302 e. The summed E-state index contributed by atoms with van der Waals surface area (Å²) < 4.78 is 23.5. The second-order valence-electron chi connectivity index (χ2n) is 10.2. The molecule has 0 spiro atoms. The van der Waals surface area contributed by atoms with E-state index >= 15 is 0 Å². The third kappa shape index (κ3) is 7.82. The van der Waals surface area contributed by atoms with E-state index in [0.29, 0.717) is 22.1 Å². The second kappa shape index (κ2) is 15.4. The second-order valence-corrected chi connectivity index (χ2v) is 11.0. The van der Waals surface area contributed by atoms with Gasteiger partial charge in [0.1, 0.15) is 42.3 Å². The summed E-state index contributed by atoms with van der Waals surface area (Å²) in [6, 6.07) is 27.9. The number of carbonyl (C=O) groups excluding carboxylic acids is 2. The molecule has 46 heavy (non-hydrogen) atoms. The van der Waals surface area contributed by atoms with Crippen LogP contribution in [0.2, 0.25) is 0 Å². The lowest BCUT2D eigenvalue weighted by Gasteiger charge is -2.33. The van der Waals surface area contributed by atoms with Gasteiger partial charge in [-0.3, -0.25) is 19.1 Å². The molecule has 2 heterocycles. The highest BCUT2D eigenvalue weighted by Crippen LogP contribution is 2.39. The Morgan fingerprint density at radius 3 is 1.96 bits per heavy atom. The first-order valence-corrected chi connectivity index (χ1v) is 15.8. The molecule has 0 amide bonds. The lowest BCUT2D eigenvalue weighted by Crippen LogP contribution is -2.29. The van der Waals surface area contributed by atoms with Gasteiger partial charge in [0, 0.05) is 19.5 Å². The zero-order valence-electron chi connectivity index (χ0n) is 26.0. The third-order valence-electron chi connectivity index (χ3n) is 7.06. The van der Waals surface area contributed by atoms with E-state index in [-0.39, 0.29) is 26.0 Å². The molecule has 2 aromatic heterocycles. The summed E-state index contributed by atoms with van der Waals surface area (Å²) in [6.07, 6.45) is 2.88. The summed E-state index contributed by atoms with van der Waals surface area (Å²) in [7, 11) is 1.64. The Balaban J connectivity index is 1.61. The molecule has 5 aromatic rings. The number of nitrogens with zero attached hydrogens (tertiary/aromatic N) is 5. The maximum absolute atomic E-state index is 11.4. The van der Waals surface area contributed by atoms with Gasteiger partial charge in [-0.05, 0) is 41.6 Å². The number of carbonyl (C=O) groups is 2. The van der Waals surface area contributed by atoms with Crippen molar-refractivity contribution >= 4 is 46.5 Å². The van der Waals surface area contributed by atoms with Crippen molar-refractivity contribution < 1.29 is 28.5 Å². The van der Waals surface area contributed by atoms with Crippen LogP contribution in [0.15, 0.2) is 96.3 Å². The highest BCUT2D eigenvalue weighted by molar-refractivity contribution is 7.98. The molecule has 0 aliphatic rings. The van der Waals surface area contributed by atoms with Gasteiger partial charge in [-0.1, -0.05) is 60.7 Å². The van der Waals surface area contributed by atoms with Crippen molar-refractivity contribution in [3.8, 4) is 5.75 Å². The van der Waals surface area contributed by atoms with Crippen molar-refractivity contribution in [2.75, 3.05) is 31.5 Å². The van der Waals surface area contributed by atoms with Crippen molar-refractivity contribution in [1.82, 2.24) is 19.5 Å². The Kier molecular flexibility index (Phi) is 10.8. The number of esters is 2. The van der Waals surface area contributed by atoms with Crippen LogP contribution in [-0.2, 0) is 30.5 Å². The number of ether oxygens (including phenoxy) is 4. The molecule has 0 N–H and O–H groups in total. The van der Waals surface area contributed by atoms with Crippen LogP contribution >= 0.6 is 11.8 Å². The molecule has 0 saturated carbocycles. The number of benzene rings is 3.